The van der Waals surface area contributed by atoms with E-state index < -0.39 is 4.92 Å². The molecule has 4 rings (SSSR count). The summed E-state index contributed by atoms with van der Waals surface area (Å²) in [4.78, 5) is 10.7. The second-order valence-electron chi connectivity index (χ2n) is 5.71. The van der Waals surface area contributed by atoms with Gasteiger partial charge in [-0.2, -0.15) is 5.26 Å². The number of hydrogen-bond donors (Lipinski definition) is 0. The molecule has 7 heteroatoms. The minimum Gasteiger partial charge on any atom is -0.456 e. The van der Waals surface area contributed by atoms with Crippen LogP contribution in [0.3, 0.4) is 0 Å². The smallest absolute Gasteiger partial charge is 0.280 e. The van der Waals surface area contributed by atoms with Gasteiger partial charge in [-0.1, -0.05) is 12.1 Å². The first-order valence-electron chi connectivity index (χ1n) is 8.01. The number of nitro groups is 1. The van der Waals surface area contributed by atoms with Crippen LogP contribution in [0.4, 0.5) is 5.69 Å². The van der Waals surface area contributed by atoms with Crippen molar-refractivity contribution in [1.29, 1.82) is 5.26 Å². The molecule has 0 bridgehead atoms. The van der Waals surface area contributed by atoms with E-state index in [1.165, 1.54) is 6.07 Å². The first-order chi connectivity index (χ1) is 13.2. The van der Waals surface area contributed by atoms with E-state index in [-0.39, 0.29) is 12.5 Å². The Kier molecular flexibility index (Phi) is 4.07. The van der Waals surface area contributed by atoms with E-state index in [0.29, 0.717) is 39.7 Å². The zero-order chi connectivity index (χ0) is 18.8. The van der Waals surface area contributed by atoms with Crippen LogP contribution in [-0.4, -0.2) is 11.7 Å². The fourth-order valence-electron chi connectivity index (χ4n) is 2.80. The Bertz CT molecular complexity index is 1110. The highest BCUT2D eigenvalue weighted by molar-refractivity contribution is 5.89. The summed E-state index contributed by atoms with van der Waals surface area (Å²) >= 11 is 0. The van der Waals surface area contributed by atoms with Gasteiger partial charge in [0.15, 0.2) is 11.5 Å². The van der Waals surface area contributed by atoms with E-state index in [4.69, 9.17) is 13.9 Å². The third kappa shape index (κ3) is 3.12. The molecule has 0 N–H and O–H groups in total. The van der Waals surface area contributed by atoms with E-state index in [0.717, 1.165) is 0 Å². The highest BCUT2D eigenvalue weighted by atomic mass is 16.7. The van der Waals surface area contributed by atoms with Gasteiger partial charge in [0, 0.05) is 6.07 Å². The predicted octanol–water partition coefficient (Wildman–Crippen LogP) is 4.65. The maximum atomic E-state index is 11.2. The van der Waals surface area contributed by atoms with E-state index in [1.807, 2.05) is 0 Å². The lowest BCUT2D eigenvalue weighted by Crippen LogP contribution is -1.92. The van der Waals surface area contributed by atoms with Gasteiger partial charge in [-0.05, 0) is 48.0 Å². The molecule has 1 aromatic heterocycles. The molecular weight excluding hydrogens is 348 g/mol. The molecule has 7 nitrogen and oxygen atoms in total. The van der Waals surface area contributed by atoms with Gasteiger partial charge in [-0.15, -0.1) is 0 Å². The monoisotopic (exact) mass is 360 g/mol. The molecule has 0 saturated heterocycles. The standard InChI is InChI=1S/C20H12N2O5/c21-11-14(13-5-7-19-20(10-13)26-12-25-19)9-15-6-8-18(27-15)16-3-1-2-4-17(16)22(23)24/h1-10H,12H2/b14-9-. The van der Waals surface area contributed by atoms with Crippen LogP contribution in [0.1, 0.15) is 11.3 Å². The molecular formula is C20H12N2O5. The van der Waals surface area contributed by atoms with Crippen molar-refractivity contribution in [2.75, 3.05) is 6.79 Å². The molecule has 0 radical (unpaired) electrons. The van der Waals surface area contributed by atoms with Gasteiger partial charge in [-0.25, -0.2) is 0 Å². The Morgan fingerprint density at radius 3 is 2.74 bits per heavy atom. The fourth-order valence-corrected chi connectivity index (χ4v) is 2.80. The van der Waals surface area contributed by atoms with Crippen LogP contribution in [0, 0.1) is 21.4 Å². The number of rotatable bonds is 4. The van der Waals surface area contributed by atoms with Crippen LogP contribution in [0.5, 0.6) is 11.5 Å². The number of ether oxygens (including phenoxy) is 2. The lowest BCUT2D eigenvalue weighted by molar-refractivity contribution is -0.384. The van der Waals surface area contributed by atoms with Crippen molar-refractivity contribution in [2.24, 2.45) is 0 Å². The highest BCUT2D eigenvalue weighted by Crippen LogP contribution is 2.35. The Labute approximate surface area is 153 Å². The summed E-state index contributed by atoms with van der Waals surface area (Å²) in [6, 6.07) is 17.0. The SMILES string of the molecule is N#C/C(=C/c1ccc(-c2ccccc2[N+](=O)[O-])o1)c1ccc2c(c1)OCO2. The van der Waals surface area contributed by atoms with Crippen molar-refractivity contribution in [3.63, 3.8) is 0 Å². The number of nitriles is 1. The van der Waals surface area contributed by atoms with Gasteiger partial charge >= 0.3 is 0 Å². The van der Waals surface area contributed by atoms with Gasteiger partial charge < -0.3 is 13.9 Å². The van der Waals surface area contributed by atoms with Crippen molar-refractivity contribution < 1.29 is 18.8 Å². The number of benzene rings is 2. The zero-order valence-electron chi connectivity index (χ0n) is 13.9. The molecule has 1 aliphatic heterocycles. The van der Waals surface area contributed by atoms with Crippen LogP contribution in [0.25, 0.3) is 23.0 Å². The summed E-state index contributed by atoms with van der Waals surface area (Å²) in [5, 5.41) is 20.7. The molecule has 27 heavy (non-hydrogen) atoms. The lowest BCUT2D eigenvalue weighted by atomic mass is 10.1. The maximum absolute atomic E-state index is 11.2. The van der Waals surface area contributed by atoms with Crippen LogP contribution in [0.2, 0.25) is 0 Å². The van der Waals surface area contributed by atoms with Gasteiger partial charge in [0.2, 0.25) is 6.79 Å². The van der Waals surface area contributed by atoms with E-state index in [1.54, 1.807) is 54.6 Å². The Morgan fingerprint density at radius 1 is 1.11 bits per heavy atom. The number of fused-ring (bicyclic) bond motifs is 1. The molecule has 0 unspecified atom stereocenters. The third-order valence-corrected chi connectivity index (χ3v) is 4.08. The normalized spacial score (nSPS) is 12.6. The van der Waals surface area contributed by atoms with Crippen molar-refractivity contribution in [3.05, 3.63) is 76.0 Å². The van der Waals surface area contributed by atoms with Crippen molar-refractivity contribution in [1.82, 2.24) is 0 Å². The molecule has 0 saturated carbocycles. The quantitative estimate of drug-likeness (QED) is 0.381. The third-order valence-electron chi connectivity index (χ3n) is 4.08. The molecule has 2 heterocycles. The number of hydrogen-bond acceptors (Lipinski definition) is 6. The first-order valence-corrected chi connectivity index (χ1v) is 8.01. The average Bonchev–Trinajstić information content (AvgIpc) is 3.34. The molecule has 3 aromatic rings. The van der Waals surface area contributed by atoms with Crippen LogP contribution in [-0.2, 0) is 0 Å². The lowest BCUT2D eigenvalue weighted by Gasteiger charge is -2.01. The van der Waals surface area contributed by atoms with Crippen LogP contribution >= 0.6 is 0 Å². The number of allylic oxidation sites excluding steroid dienone is 1. The maximum Gasteiger partial charge on any atom is 0.280 e. The molecule has 0 fully saturated rings. The molecule has 0 atom stereocenters. The minimum absolute atomic E-state index is 0.0429. The number of furan rings is 1. The highest BCUT2D eigenvalue weighted by Gasteiger charge is 2.18. The number of nitrogens with zero attached hydrogens (tertiary/aromatic N) is 2. The van der Waals surface area contributed by atoms with E-state index in [9.17, 15) is 15.4 Å². The van der Waals surface area contributed by atoms with Gasteiger partial charge in [0.25, 0.3) is 5.69 Å². The Hall–Kier alpha value is -4.05. The van der Waals surface area contributed by atoms with Gasteiger partial charge in [-0.3, -0.25) is 10.1 Å². The van der Waals surface area contributed by atoms with Gasteiger partial charge in [0.05, 0.1) is 22.1 Å². The minimum atomic E-state index is -0.458. The van der Waals surface area contributed by atoms with Crippen LogP contribution < -0.4 is 9.47 Å². The predicted molar refractivity (Wildman–Crippen MR) is 96.8 cm³/mol. The molecule has 2 aromatic carbocycles. The van der Waals surface area contributed by atoms with Crippen molar-refractivity contribution in [2.45, 2.75) is 0 Å². The van der Waals surface area contributed by atoms with Gasteiger partial charge in [0.1, 0.15) is 11.5 Å². The summed E-state index contributed by atoms with van der Waals surface area (Å²) in [5.74, 6) is 1.98. The first kappa shape index (κ1) is 16.4. The summed E-state index contributed by atoms with van der Waals surface area (Å²) in [6.07, 6.45) is 1.58. The molecule has 132 valence electrons. The largest absolute Gasteiger partial charge is 0.456 e. The fraction of sp³-hybridized carbons (Fsp3) is 0.0500. The average molecular weight is 360 g/mol. The number of para-hydroxylation sites is 1. The summed E-state index contributed by atoms with van der Waals surface area (Å²) in [5.41, 5.74) is 1.37. The molecule has 0 spiro atoms. The van der Waals surface area contributed by atoms with Crippen molar-refractivity contribution >= 4 is 17.3 Å². The molecule has 1 aliphatic rings. The van der Waals surface area contributed by atoms with Crippen molar-refractivity contribution in [3.8, 4) is 28.9 Å². The Morgan fingerprint density at radius 2 is 1.93 bits per heavy atom. The summed E-state index contributed by atoms with van der Waals surface area (Å²) in [6.45, 7) is 0.155. The summed E-state index contributed by atoms with van der Waals surface area (Å²) in [7, 11) is 0. The second-order valence-corrected chi connectivity index (χ2v) is 5.71. The van der Waals surface area contributed by atoms with E-state index >= 15 is 0 Å². The molecule has 0 aliphatic carbocycles. The number of nitro benzene ring substituents is 1. The second kappa shape index (κ2) is 6.69. The topological polar surface area (TPSA) is 98.5 Å². The summed E-state index contributed by atoms with van der Waals surface area (Å²) < 4.78 is 16.3. The molecule has 0 amide bonds. The van der Waals surface area contributed by atoms with Crippen LogP contribution in [0.15, 0.2) is 59.0 Å². The van der Waals surface area contributed by atoms with E-state index in [2.05, 4.69) is 6.07 Å². The zero-order valence-corrected chi connectivity index (χ0v) is 13.9. The Balaban J connectivity index is 1.69.